The lowest BCUT2D eigenvalue weighted by molar-refractivity contribution is 0.322. The van der Waals surface area contributed by atoms with Gasteiger partial charge in [-0.05, 0) is 31.2 Å². The summed E-state index contributed by atoms with van der Waals surface area (Å²) in [5, 5.41) is 0. The standard InChI is InChI=1S/C14H22ClNO3/c1-16(8-6-15)7-5-11-9-12(17-2)14(19-4)13(10-11)18-3/h9-10H,5-8H2,1-4H3. The number of hydrogen-bond donors (Lipinski definition) is 0. The van der Waals surface area contributed by atoms with Crippen molar-refractivity contribution in [2.45, 2.75) is 6.42 Å². The van der Waals surface area contributed by atoms with Gasteiger partial charge in [0.05, 0.1) is 21.3 Å². The zero-order chi connectivity index (χ0) is 14.3. The average molecular weight is 288 g/mol. The minimum Gasteiger partial charge on any atom is -0.493 e. The van der Waals surface area contributed by atoms with Gasteiger partial charge in [-0.1, -0.05) is 0 Å². The van der Waals surface area contributed by atoms with E-state index in [0.29, 0.717) is 23.1 Å². The van der Waals surface area contributed by atoms with E-state index in [1.165, 1.54) is 0 Å². The summed E-state index contributed by atoms with van der Waals surface area (Å²) in [5.74, 6) is 2.66. The summed E-state index contributed by atoms with van der Waals surface area (Å²) in [6.07, 6.45) is 0.907. The monoisotopic (exact) mass is 287 g/mol. The van der Waals surface area contributed by atoms with Gasteiger partial charge in [0, 0.05) is 19.0 Å². The van der Waals surface area contributed by atoms with Crippen molar-refractivity contribution in [1.82, 2.24) is 4.90 Å². The minimum absolute atomic E-state index is 0.628. The van der Waals surface area contributed by atoms with Crippen molar-refractivity contribution in [3.05, 3.63) is 17.7 Å². The Morgan fingerprint density at radius 1 is 1.00 bits per heavy atom. The maximum atomic E-state index is 5.71. The second-order valence-corrected chi connectivity index (χ2v) is 4.65. The van der Waals surface area contributed by atoms with Crippen LogP contribution in [0, 0.1) is 0 Å². The zero-order valence-corrected chi connectivity index (χ0v) is 12.8. The van der Waals surface area contributed by atoms with Gasteiger partial charge in [-0.25, -0.2) is 0 Å². The van der Waals surface area contributed by atoms with Crippen LogP contribution in [0.3, 0.4) is 0 Å². The van der Waals surface area contributed by atoms with Crippen molar-refractivity contribution in [1.29, 1.82) is 0 Å². The second-order valence-electron chi connectivity index (χ2n) is 4.28. The normalized spacial score (nSPS) is 10.6. The van der Waals surface area contributed by atoms with Crippen LogP contribution >= 0.6 is 11.6 Å². The van der Waals surface area contributed by atoms with Crippen LogP contribution in [-0.4, -0.2) is 52.2 Å². The number of ether oxygens (including phenoxy) is 3. The fourth-order valence-electron chi connectivity index (χ4n) is 1.86. The van der Waals surface area contributed by atoms with E-state index < -0.39 is 0 Å². The van der Waals surface area contributed by atoms with E-state index in [0.717, 1.165) is 25.1 Å². The molecule has 0 aliphatic rings. The largest absolute Gasteiger partial charge is 0.493 e. The Bertz CT molecular complexity index is 373. The van der Waals surface area contributed by atoms with E-state index in [-0.39, 0.29) is 0 Å². The van der Waals surface area contributed by atoms with Crippen LogP contribution < -0.4 is 14.2 Å². The van der Waals surface area contributed by atoms with Crippen LogP contribution in [0.2, 0.25) is 0 Å². The number of methoxy groups -OCH3 is 3. The summed E-state index contributed by atoms with van der Waals surface area (Å²) < 4.78 is 16.0. The molecule has 0 radical (unpaired) electrons. The molecular formula is C14H22ClNO3. The number of nitrogens with zero attached hydrogens (tertiary/aromatic N) is 1. The highest BCUT2D eigenvalue weighted by molar-refractivity contribution is 6.18. The van der Waals surface area contributed by atoms with E-state index in [1.54, 1.807) is 21.3 Å². The highest BCUT2D eigenvalue weighted by Crippen LogP contribution is 2.38. The molecule has 0 aliphatic heterocycles. The molecule has 0 atom stereocenters. The van der Waals surface area contributed by atoms with E-state index in [2.05, 4.69) is 11.9 Å². The molecule has 0 saturated heterocycles. The lowest BCUT2D eigenvalue weighted by atomic mass is 10.1. The van der Waals surface area contributed by atoms with Gasteiger partial charge in [-0.15, -0.1) is 11.6 Å². The number of benzene rings is 1. The van der Waals surface area contributed by atoms with Crippen LogP contribution in [0.5, 0.6) is 17.2 Å². The summed E-state index contributed by atoms with van der Waals surface area (Å²) in [7, 11) is 6.91. The average Bonchev–Trinajstić information content (AvgIpc) is 2.44. The Balaban J connectivity index is 2.84. The van der Waals surface area contributed by atoms with Crippen molar-refractivity contribution in [3.63, 3.8) is 0 Å². The van der Waals surface area contributed by atoms with Crippen molar-refractivity contribution in [2.24, 2.45) is 0 Å². The smallest absolute Gasteiger partial charge is 0.203 e. The summed E-state index contributed by atoms with van der Waals surface area (Å²) in [4.78, 5) is 2.19. The second kappa shape index (κ2) is 8.12. The third-order valence-electron chi connectivity index (χ3n) is 2.97. The zero-order valence-electron chi connectivity index (χ0n) is 12.0. The Labute approximate surface area is 120 Å². The van der Waals surface area contributed by atoms with E-state index >= 15 is 0 Å². The SMILES string of the molecule is COc1cc(CCN(C)CCCl)cc(OC)c1OC. The molecule has 0 aromatic heterocycles. The van der Waals surface area contributed by atoms with Gasteiger partial charge in [0.15, 0.2) is 11.5 Å². The molecule has 5 heteroatoms. The van der Waals surface area contributed by atoms with E-state index in [1.807, 2.05) is 12.1 Å². The summed E-state index contributed by atoms with van der Waals surface area (Å²) >= 11 is 5.71. The van der Waals surface area contributed by atoms with Gasteiger partial charge in [0.1, 0.15) is 0 Å². The molecule has 1 aromatic carbocycles. The van der Waals surface area contributed by atoms with Crippen LogP contribution in [0.1, 0.15) is 5.56 Å². The summed E-state index contributed by atoms with van der Waals surface area (Å²) in [6, 6.07) is 3.96. The number of rotatable bonds is 8. The van der Waals surface area contributed by atoms with Gasteiger partial charge >= 0.3 is 0 Å². The molecule has 0 aliphatic carbocycles. The van der Waals surface area contributed by atoms with Crippen LogP contribution in [0.4, 0.5) is 0 Å². The molecule has 0 fully saturated rings. The Hall–Kier alpha value is -1.13. The van der Waals surface area contributed by atoms with Gasteiger partial charge in [-0.2, -0.15) is 0 Å². The Morgan fingerprint density at radius 2 is 1.58 bits per heavy atom. The fraction of sp³-hybridized carbons (Fsp3) is 0.571. The first kappa shape index (κ1) is 15.9. The van der Waals surface area contributed by atoms with Gasteiger partial charge in [0.25, 0.3) is 0 Å². The number of alkyl halides is 1. The maximum Gasteiger partial charge on any atom is 0.203 e. The molecule has 0 N–H and O–H groups in total. The topological polar surface area (TPSA) is 30.9 Å². The molecule has 4 nitrogen and oxygen atoms in total. The Morgan fingerprint density at radius 3 is 2.00 bits per heavy atom. The first-order valence-corrected chi connectivity index (χ1v) is 6.73. The predicted octanol–water partition coefficient (Wildman–Crippen LogP) is 2.43. The van der Waals surface area contributed by atoms with Crippen LogP contribution in [0.15, 0.2) is 12.1 Å². The van der Waals surface area contributed by atoms with E-state index in [9.17, 15) is 0 Å². The molecule has 0 bridgehead atoms. The van der Waals surface area contributed by atoms with Crippen molar-refractivity contribution < 1.29 is 14.2 Å². The van der Waals surface area contributed by atoms with Crippen LogP contribution in [-0.2, 0) is 6.42 Å². The quantitative estimate of drug-likeness (QED) is 0.687. The minimum atomic E-state index is 0.628. The lowest BCUT2D eigenvalue weighted by Gasteiger charge is -2.17. The highest BCUT2D eigenvalue weighted by Gasteiger charge is 2.13. The van der Waals surface area contributed by atoms with Crippen molar-refractivity contribution in [3.8, 4) is 17.2 Å². The molecule has 0 amide bonds. The number of hydrogen-bond acceptors (Lipinski definition) is 4. The Kier molecular flexibility index (Phi) is 6.81. The molecule has 108 valence electrons. The molecule has 0 spiro atoms. The molecule has 0 unspecified atom stereocenters. The lowest BCUT2D eigenvalue weighted by Crippen LogP contribution is -2.23. The van der Waals surface area contributed by atoms with Crippen molar-refractivity contribution >= 4 is 11.6 Å². The third kappa shape index (κ3) is 4.48. The van der Waals surface area contributed by atoms with Crippen molar-refractivity contribution in [2.75, 3.05) is 47.3 Å². The molecule has 1 rings (SSSR count). The predicted molar refractivity (Wildman–Crippen MR) is 78.0 cm³/mol. The molecule has 0 saturated carbocycles. The number of halogens is 1. The fourth-order valence-corrected chi connectivity index (χ4v) is 2.14. The molecule has 19 heavy (non-hydrogen) atoms. The maximum absolute atomic E-state index is 5.71. The van der Waals surface area contributed by atoms with E-state index in [4.69, 9.17) is 25.8 Å². The highest BCUT2D eigenvalue weighted by atomic mass is 35.5. The summed E-state index contributed by atoms with van der Waals surface area (Å²) in [5.41, 5.74) is 1.15. The molecule has 1 aromatic rings. The molecule has 0 heterocycles. The third-order valence-corrected chi connectivity index (χ3v) is 3.14. The first-order valence-electron chi connectivity index (χ1n) is 6.19. The number of likely N-dealkylation sites (N-methyl/N-ethyl adjacent to an activating group) is 1. The first-order chi connectivity index (χ1) is 9.15. The molecular weight excluding hydrogens is 266 g/mol. The summed E-state index contributed by atoms with van der Waals surface area (Å²) in [6.45, 7) is 1.82. The van der Waals surface area contributed by atoms with Gasteiger partial charge in [0.2, 0.25) is 5.75 Å². The van der Waals surface area contributed by atoms with Crippen LogP contribution in [0.25, 0.3) is 0 Å². The van der Waals surface area contributed by atoms with Gasteiger partial charge < -0.3 is 19.1 Å². The van der Waals surface area contributed by atoms with Gasteiger partial charge in [-0.3, -0.25) is 0 Å².